The van der Waals surface area contributed by atoms with Crippen molar-refractivity contribution in [3.63, 3.8) is 0 Å². The van der Waals surface area contributed by atoms with Gasteiger partial charge in [-0.05, 0) is 42.3 Å². The standard InChI is InChI=1S/C32H28N6O/c39-30(21-24-13-9-10-20-33-24)35-31(27-22-34-28-17-8-7-16-26(27)28)32-37-36-29(19-18-23-11-3-1-4-12-23)38(32)25-14-5-2-6-15-25/h1-17,20,22,31,34H,18-19,21H2,(H,35,39)/t31-/m1/s1. The van der Waals surface area contributed by atoms with E-state index in [2.05, 4.69) is 43.1 Å². The number of nitrogens with zero attached hydrogens (tertiary/aromatic N) is 4. The van der Waals surface area contributed by atoms with Crippen molar-refractivity contribution in [1.82, 2.24) is 30.0 Å². The van der Waals surface area contributed by atoms with Crippen molar-refractivity contribution in [2.75, 3.05) is 0 Å². The lowest BCUT2D eigenvalue weighted by molar-refractivity contribution is -0.121. The number of para-hydroxylation sites is 2. The van der Waals surface area contributed by atoms with Crippen LogP contribution in [0.2, 0.25) is 0 Å². The van der Waals surface area contributed by atoms with E-state index >= 15 is 0 Å². The van der Waals surface area contributed by atoms with Crippen LogP contribution in [0.4, 0.5) is 0 Å². The van der Waals surface area contributed by atoms with Crippen LogP contribution in [0.3, 0.4) is 0 Å². The van der Waals surface area contributed by atoms with Gasteiger partial charge >= 0.3 is 0 Å². The lowest BCUT2D eigenvalue weighted by Gasteiger charge is -2.20. The zero-order valence-corrected chi connectivity index (χ0v) is 21.4. The molecule has 0 bridgehead atoms. The number of rotatable bonds is 9. The molecular formula is C32H28N6O. The van der Waals surface area contributed by atoms with Crippen molar-refractivity contribution < 1.29 is 4.79 Å². The maximum Gasteiger partial charge on any atom is 0.226 e. The second-order valence-electron chi connectivity index (χ2n) is 9.42. The summed E-state index contributed by atoms with van der Waals surface area (Å²) < 4.78 is 2.08. The van der Waals surface area contributed by atoms with E-state index in [4.69, 9.17) is 5.10 Å². The molecule has 2 N–H and O–H groups in total. The second-order valence-corrected chi connectivity index (χ2v) is 9.42. The Hall–Kier alpha value is -5.04. The molecule has 0 unspecified atom stereocenters. The number of nitrogens with one attached hydrogen (secondary N) is 2. The molecule has 0 aliphatic carbocycles. The number of hydrogen-bond acceptors (Lipinski definition) is 4. The van der Waals surface area contributed by atoms with Crippen molar-refractivity contribution in [3.8, 4) is 5.69 Å². The van der Waals surface area contributed by atoms with Crippen LogP contribution in [0.5, 0.6) is 0 Å². The molecule has 7 nitrogen and oxygen atoms in total. The summed E-state index contributed by atoms with van der Waals surface area (Å²) in [5.74, 6) is 1.35. The average Bonchev–Trinajstić information content (AvgIpc) is 3.61. The van der Waals surface area contributed by atoms with Gasteiger partial charge in [0, 0.05) is 46.7 Å². The Bertz CT molecular complexity index is 1680. The molecule has 7 heteroatoms. The summed E-state index contributed by atoms with van der Waals surface area (Å²) in [5.41, 5.74) is 4.81. The summed E-state index contributed by atoms with van der Waals surface area (Å²) >= 11 is 0. The maximum atomic E-state index is 13.4. The highest BCUT2D eigenvalue weighted by atomic mass is 16.1. The van der Waals surface area contributed by atoms with Crippen LogP contribution in [0, 0.1) is 0 Å². The van der Waals surface area contributed by atoms with E-state index in [0.717, 1.165) is 34.4 Å². The fraction of sp³-hybridized carbons (Fsp3) is 0.125. The Labute approximate surface area is 226 Å². The molecule has 0 saturated heterocycles. The van der Waals surface area contributed by atoms with E-state index in [9.17, 15) is 4.79 Å². The van der Waals surface area contributed by atoms with Crippen LogP contribution in [0.25, 0.3) is 16.6 Å². The number of pyridine rings is 1. The van der Waals surface area contributed by atoms with Crippen LogP contribution in [0.1, 0.15) is 34.5 Å². The number of aryl methyl sites for hydroxylation is 2. The first-order valence-corrected chi connectivity index (χ1v) is 13.0. The molecule has 0 fully saturated rings. The van der Waals surface area contributed by atoms with E-state index in [1.54, 1.807) is 6.20 Å². The molecule has 0 radical (unpaired) electrons. The minimum absolute atomic E-state index is 0.141. The topological polar surface area (TPSA) is 88.5 Å². The number of H-pyrrole nitrogens is 1. The highest BCUT2D eigenvalue weighted by Crippen LogP contribution is 2.30. The molecule has 0 aliphatic heterocycles. The molecular weight excluding hydrogens is 484 g/mol. The van der Waals surface area contributed by atoms with E-state index in [1.807, 2.05) is 91.1 Å². The van der Waals surface area contributed by atoms with E-state index in [1.165, 1.54) is 5.56 Å². The Morgan fingerprint density at radius 2 is 1.56 bits per heavy atom. The van der Waals surface area contributed by atoms with Gasteiger partial charge in [0.2, 0.25) is 5.91 Å². The monoisotopic (exact) mass is 512 g/mol. The van der Waals surface area contributed by atoms with Crippen molar-refractivity contribution >= 4 is 16.8 Å². The van der Waals surface area contributed by atoms with Crippen LogP contribution >= 0.6 is 0 Å². The first-order valence-electron chi connectivity index (χ1n) is 13.0. The van der Waals surface area contributed by atoms with Gasteiger partial charge in [0.15, 0.2) is 5.82 Å². The molecule has 1 atom stereocenters. The molecule has 3 heterocycles. The third-order valence-corrected chi connectivity index (χ3v) is 6.81. The van der Waals surface area contributed by atoms with Gasteiger partial charge in [-0.25, -0.2) is 0 Å². The molecule has 3 aromatic heterocycles. The molecule has 6 aromatic rings. The van der Waals surface area contributed by atoms with Gasteiger partial charge in [0.25, 0.3) is 0 Å². The van der Waals surface area contributed by atoms with Gasteiger partial charge in [-0.15, -0.1) is 10.2 Å². The second kappa shape index (κ2) is 11.1. The van der Waals surface area contributed by atoms with E-state index < -0.39 is 6.04 Å². The van der Waals surface area contributed by atoms with Gasteiger partial charge in [-0.3, -0.25) is 14.3 Å². The van der Waals surface area contributed by atoms with E-state index in [-0.39, 0.29) is 12.3 Å². The van der Waals surface area contributed by atoms with Crippen molar-refractivity contribution in [3.05, 3.63) is 144 Å². The summed E-state index contributed by atoms with van der Waals surface area (Å²) in [6.45, 7) is 0. The summed E-state index contributed by atoms with van der Waals surface area (Å²) in [6, 6.07) is 33.6. The average molecular weight is 513 g/mol. The van der Waals surface area contributed by atoms with Gasteiger partial charge < -0.3 is 10.3 Å². The summed E-state index contributed by atoms with van der Waals surface area (Å²) in [5, 5.41) is 13.6. The lowest BCUT2D eigenvalue weighted by Crippen LogP contribution is -2.32. The van der Waals surface area contributed by atoms with Crippen LogP contribution < -0.4 is 5.32 Å². The summed E-state index contributed by atoms with van der Waals surface area (Å²) in [6.07, 6.45) is 5.35. The predicted octanol–water partition coefficient (Wildman–Crippen LogP) is 5.38. The molecule has 192 valence electrons. The third-order valence-electron chi connectivity index (χ3n) is 6.81. The normalized spacial score (nSPS) is 11.9. The first-order chi connectivity index (χ1) is 19.3. The number of benzene rings is 3. The molecule has 0 spiro atoms. The van der Waals surface area contributed by atoms with Crippen molar-refractivity contribution in [2.24, 2.45) is 0 Å². The Balaban J connectivity index is 1.42. The number of fused-ring (bicyclic) bond motifs is 1. The fourth-order valence-electron chi connectivity index (χ4n) is 4.93. The van der Waals surface area contributed by atoms with E-state index in [0.29, 0.717) is 17.9 Å². The zero-order valence-electron chi connectivity index (χ0n) is 21.4. The SMILES string of the molecule is O=C(Cc1ccccn1)N[C@H](c1c[nH]c2ccccc12)c1nnc(CCc2ccccc2)n1-c1ccccc1. The quantitative estimate of drug-likeness (QED) is 0.272. The lowest BCUT2D eigenvalue weighted by atomic mass is 10.0. The first kappa shape index (κ1) is 24.3. The number of carbonyl (C=O) groups is 1. The number of hydrogen-bond donors (Lipinski definition) is 2. The Kier molecular flexibility index (Phi) is 6.95. The maximum absolute atomic E-state index is 13.4. The number of carbonyl (C=O) groups excluding carboxylic acids is 1. The number of amides is 1. The largest absolute Gasteiger partial charge is 0.361 e. The van der Waals surface area contributed by atoms with Crippen molar-refractivity contribution in [1.29, 1.82) is 0 Å². The highest BCUT2D eigenvalue weighted by Gasteiger charge is 2.28. The molecule has 0 aliphatic rings. The summed E-state index contributed by atoms with van der Waals surface area (Å²) in [4.78, 5) is 21.1. The minimum Gasteiger partial charge on any atom is -0.361 e. The van der Waals surface area contributed by atoms with Crippen molar-refractivity contribution in [2.45, 2.75) is 25.3 Å². The van der Waals surface area contributed by atoms with Gasteiger partial charge in [-0.2, -0.15) is 0 Å². The smallest absolute Gasteiger partial charge is 0.226 e. The highest BCUT2D eigenvalue weighted by molar-refractivity contribution is 5.85. The fourth-order valence-corrected chi connectivity index (χ4v) is 4.93. The summed E-state index contributed by atoms with van der Waals surface area (Å²) in [7, 11) is 0. The Morgan fingerprint density at radius 1 is 0.821 bits per heavy atom. The molecule has 39 heavy (non-hydrogen) atoms. The van der Waals surface area contributed by atoms with Crippen LogP contribution in [-0.4, -0.2) is 30.6 Å². The molecule has 1 amide bonds. The molecule has 6 rings (SSSR count). The minimum atomic E-state index is -0.532. The van der Waals surface area contributed by atoms with Gasteiger partial charge in [-0.1, -0.05) is 72.8 Å². The van der Waals surface area contributed by atoms with Crippen LogP contribution in [0.15, 0.2) is 116 Å². The van der Waals surface area contributed by atoms with Crippen LogP contribution in [-0.2, 0) is 24.1 Å². The number of aromatic amines is 1. The zero-order chi connectivity index (χ0) is 26.4. The Morgan fingerprint density at radius 3 is 2.36 bits per heavy atom. The number of aromatic nitrogens is 5. The molecule has 3 aromatic carbocycles. The molecule has 0 saturated carbocycles. The van der Waals surface area contributed by atoms with Gasteiger partial charge in [0.1, 0.15) is 11.9 Å². The van der Waals surface area contributed by atoms with Gasteiger partial charge in [0.05, 0.1) is 6.42 Å². The predicted molar refractivity (Wildman–Crippen MR) is 151 cm³/mol. The third kappa shape index (κ3) is 5.33.